The Morgan fingerprint density at radius 1 is 1.03 bits per heavy atom. The van der Waals surface area contributed by atoms with E-state index >= 15 is 0 Å². The molecule has 2 aromatic carbocycles. The highest BCUT2D eigenvalue weighted by atomic mass is 35.5. The summed E-state index contributed by atoms with van der Waals surface area (Å²) in [4.78, 5) is 13.9. The normalized spacial score (nSPS) is 15.5. The van der Waals surface area contributed by atoms with Crippen LogP contribution in [0.3, 0.4) is 0 Å². The third-order valence-electron chi connectivity index (χ3n) is 6.56. The van der Waals surface area contributed by atoms with E-state index in [4.69, 9.17) is 14.5 Å². The summed E-state index contributed by atoms with van der Waals surface area (Å²) >= 11 is 0. The highest BCUT2D eigenvalue weighted by Gasteiger charge is 2.22. The van der Waals surface area contributed by atoms with Crippen LogP contribution < -0.4 is 14.4 Å². The van der Waals surface area contributed by atoms with Crippen LogP contribution in [0.5, 0.6) is 11.5 Å². The predicted molar refractivity (Wildman–Crippen MR) is 146 cm³/mol. The minimum absolute atomic E-state index is 0. The molecule has 1 atom stereocenters. The number of likely N-dealkylation sites (tertiary alicyclic amines) is 1. The summed E-state index contributed by atoms with van der Waals surface area (Å²) in [6, 6.07) is 12.0. The SMILES string of the molecule is COc1cc(OC)cc(N(CCCN2CCC(F)C2)c2ccc3ncc(-c4cnn(C)c4)nc3c2)c1.Cl. The van der Waals surface area contributed by atoms with E-state index < -0.39 is 6.17 Å². The summed E-state index contributed by atoms with van der Waals surface area (Å²) in [6.45, 7) is 2.92. The number of rotatable bonds is 9. The van der Waals surface area contributed by atoms with Crippen molar-refractivity contribution in [3.63, 3.8) is 0 Å². The van der Waals surface area contributed by atoms with Gasteiger partial charge in [-0.05, 0) is 37.6 Å². The second-order valence-electron chi connectivity index (χ2n) is 9.09. The minimum Gasteiger partial charge on any atom is -0.497 e. The lowest BCUT2D eigenvalue weighted by Gasteiger charge is -2.27. The molecule has 196 valence electrons. The second kappa shape index (κ2) is 11.7. The van der Waals surface area contributed by atoms with Crippen LogP contribution in [-0.2, 0) is 7.05 Å². The van der Waals surface area contributed by atoms with E-state index in [9.17, 15) is 4.39 Å². The summed E-state index contributed by atoms with van der Waals surface area (Å²) in [5.41, 5.74) is 5.25. The van der Waals surface area contributed by atoms with Gasteiger partial charge in [-0.3, -0.25) is 9.67 Å². The summed E-state index contributed by atoms with van der Waals surface area (Å²) in [5.74, 6) is 1.43. The predicted octanol–water partition coefficient (Wildman–Crippen LogP) is 5.04. The number of ether oxygens (including phenoxy) is 2. The van der Waals surface area contributed by atoms with E-state index in [-0.39, 0.29) is 12.4 Å². The van der Waals surface area contributed by atoms with Crippen LogP contribution in [-0.4, -0.2) is 71.2 Å². The molecule has 1 unspecified atom stereocenters. The van der Waals surface area contributed by atoms with Crippen molar-refractivity contribution in [1.29, 1.82) is 0 Å². The molecule has 2 aromatic heterocycles. The molecule has 0 bridgehead atoms. The molecule has 5 rings (SSSR count). The number of benzene rings is 2. The maximum Gasteiger partial charge on any atom is 0.124 e. The molecule has 0 spiro atoms. The molecule has 0 N–H and O–H groups in total. The fourth-order valence-electron chi connectivity index (χ4n) is 4.66. The minimum atomic E-state index is -0.711. The first kappa shape index (κ1) is 26.6. The summed E-state index contributed by atoms with van der Waals surface area (Å²) in [6.07, 6.45) is 6.28. The number of alkyl halides is 1. The molecule has 8 nitrogen and oxygen atoms in total. The first-order valence-electron chi connectivity index (χ1n) is 12.2. The number of hydrogen-bond donors (Lipinski definition) is 0. The van der Waals surface area contributed by atoms with Crippen LogP contribution in [0.2, 0.25) is 0 Å². The lowest BCUT2D eigenvalue weighted by Crippen LogP contribution is -2.27. The highest BCUT2D eigenvalue weighted by Crippen LogP contribution is 2.34. The molecule has 1 saturated heterocycles. The Morgan fingerprint density at radius 2 is 1.81 bits per heavy atom. The number of methoxy groups -OCH3 is 2. The Bertz CT molecular complexity index is 1330. The van der Waals surface area contributed by atoms with Gasteiger partial charge >= 0.3 is 0 Å². The molecule has 10 heteroatoms. The van der Waals surface area contributed by atoms with Gasteiger partial charge in [0.15, 0.2) is 0 Å². The van der Waals surface area contributed by atoms with Gasteiger partial charge in [0.25, 0.3) is 0 Å². The molecule has 37 heavy (non-hydrogen) atoms. The Hall–Kier alpha value is -3.43. The number of hydrogen-bond acceptors (Lipinski definition) is 7. The van der Waals surface area contributed by atoms with Crippen LogP contribution in [0.1, 0.15) is 12.8 Å². The average molecular weight is 527 g/mol. The Labute approximate surface area is 222 Å². The van der Waals surface area contributed by atoms with Crippen LogP contribution in [0.15, 0.2) is 55.0 Å². The van der Waals surface area contributed by atoms with Gasteiger partial charge in [-0.1, -0.05) is 0 Å². The summed E-state index contributed by atoms with van der Waals surface area (Å²) in [5, 5.41) is 4.25. The summed E-state index contributed by atoms with van der Waals surface area (Å²) < 4.78 is 26.5. The smallest absolute Gasteiger partial charge is 0.124 e. The number of nitrogens with zero attached hydrogens (tertiary/aromatic N) is 6. The number of aromatic nitrogens is 4. The highest BCUT2D eigenvalue weighted by molar-refractivity contribution is 5.85. The standard InChI is InChI=1S/C27H31FN6O2.ClH/c1-32-17-19(15-30-32)27-16-29-25-6-5-21(13-26(25)31-27)34(9-4-8-33-10-7-20(28)18-33)22-11-23(35-2)14-24(12-22)36-3;/h5-6,11-17,20H,4,7-10,18H2,1-3H3;1H. The van der Waals surface area contributed by atoms with Crippen molar-refractivity contribution in [1.82, 2.24) is 24.6 Å². The monoisotopic (exact) mass is 526 g/mol. The van der Waals surface area contributed by atoms with Crippen LogP contribution in [0, 0.1) is 0 Å². The van der Waals surface area contributed by atoms with Crippen molar-refractivity contribution in [3.05, 3.63) is 55.0 Å². The Morgan fingerprint density at radius 3 is 2.46 bits per heavy atom. The lowest BCUT2D eigenvalue weighted by atomic mass is 10.1. The van der Waals surface area contributed by atoms with Crippen LogP contribution >= 0.6 is 12.4 Å². The topological polar surface area (TPSA) is 68.5 Å². The quantitative estimate of drug-likeness (QED) is 0.302. The Balaban J connectivity index is 0.00000320. The lowest BCUT2D eigenvalue weighted by molar-refractivity contribution is 0.286. The molecule has 0 radical (unpaired) electrons. The average Bonchev–Trinajstić information content (AvgIpc) is 3.53. The van der Waals surface area contributed by atoms with Crippen LogP contribution in [0.25, 0.3) is 22.3 Å². The van der Waals surface area contributed by atoms with E-state index in [2.05, 4.69) is 32.0 Å². The van der Waals surface area contributed by atoms with Crippen molar-refractivity contribution in [2.75, 3.05) is 45.3 Å². The van der Waals surface area contributed by atoms with Gasteiger partial charge in [-0.2, -0.15) is 5.10 Å². The van der Waals surface area contributed by atoms with E-state index in [1.165, 1.54) is 0 Å². The molecule has 1 aliphatic heterocycles. The fourth-order valence-corrected chi connectivity index (χ4v) is 4.66. The third kappa shape index (κ3) is 6.11. The van der Waals surface area contributed by atoms with Gasteiger partial charge in [0.05, 0.1) is 43.3 Å². The van der Waals surface area contributed by atoms with E-state index in [1.54, 1.807) is 31.3 Å². The molecule has 3 heterocycles. The van der Waals surface area contributed by atoms with Crippen molar-refractivity contribution in [2.24, 2.45) is 7.05 Å². The Kier molecular flexibility index (Phi) is 8.45. The zero-order valence-corrected chi connectivity index (χ0v) is 22.1. The zero-order valence-electron chi connectivity index (χ0n) is 21.3. The fraction of sp³-hybridized carbons (Fsp3) is 0.370. The van der Waals surface area contributed by atoms with Gasteiger partial charge in [-0.15, -0.1) is 12.4 Å². The molecule has 0 aliphatic carbocycles. The second-order valence-corrected chi connectivity index (χ2v) is 9.09. The number of anilines is 2. The number of aryl methyl sites for hydroxylation is 1. The summed E-state index contributed by atoms with van der Waals surface area (Å²) in [7, 11) is 5.18. The molecular formula is C27H32ClFN6O2. The van der Waals surface area contributed by atoms with Crippen molar-refractivity contribution in [2.45, 2.75) is 19.0 Å². The molecular weight excluding hydrogens is 495 g/mol. The van der Waals surface area contributed by atoms with E-state index in [0.29, 0.717) is 24.5 Å². The van der Waals surface area contributed by atoms with Crippen molar-refractivity contribution >= 4 is 34.8 Å². The third-order valence-corrected chi connectivity index (χ3v) is 6.56. The van der Waals surface area contributed by atoms with Crippen molar-refractivity contribution in [3.8, 4) is 22.8 Å². The maximum atomic E-state index is 13.7. The first-order chi connectivity index (χ1) is 17.5. The number of halogens is 2. The number of fused-ring (bicyclic) bond motifs is 1. The molecule has 1 aliphatic rings. The molecule has 4 aromatic rings. The molecule has 1 fully saturated rings. The van der Waals surface area contributed by atoms with Gasteiger partial charge in [0, 0.05) is 68.0 Å². The zero-order chi connectivity index (χ0) is 25.1. The largest absolute Gasteiger partial charge is 0.497 e. The van der Waals surface area contributed by atoms with E-state index in [0.717, 1.165) is 59.7 Å². The van der Waals surface area contributed by atoms with Gasteiger partial charge < -0.3 is 19.3 Å². The maximum absolute atomic E-state index is 13.7. The van der Waals surface area contributed by atoms with Gasteiger partial charge in [0.1, 0.15) is 17.7 Å². The van der Waals surface area contributed by atoms with E-state index in [1.807, 2.05) is 37.5 Å². The molecule has 0 saturated carbocycles. The first-order valence-corrected chi connectivity index (χ1v) is 12.2. The van der Waals surface area contributed by atoms with Crippen LogP contribution in [0.4, 0.5) is 15.8 Å². The van der Waals surface area contributed by atoms with Gasteiger partial charge in [0.2, 0.25) is 0 Å². The van der Waals surface area contributed by atoms with Gasteiger partial charge in [-0.25, -0.2) is 9.37 Å². The van der Waals surface area contributed by atoms with Crippen molar-refractivity contribution < 1.29 is 13.9 Å². The molecule has 0 amide bonds.